The lowest BCUT2D eigenvalue weighted by molar-refractivity contribution is -0.139. The molecule has 1 aromatic rings. The molecule has 32 heavy (non-hydrogen) atoms. The fraction of sp³-hybridized carbons (Fsp3) is 0.682. The number of ether oxygens (including phenoxy) is 1. The molecule has 0 saturated heterocycles. The molecule has 4 saturated carbocycles. The highest BCUT2D eigenvalue weighted by Gasteiger charge is 2.57. The van der Waals surface area contributed by atoms with Gasteiger partial charge in [-0.25, -0.2) is 13.1 Å². The molecule has 3 unspecified atom stereocenters. The predicted octanol–water partition coefficient (Wildman–Crippen LogP) is 3.48. The number of alkyl halides is 3. The summed E-state index contributed by atoms with van der Waals surface area (Å²) in [6.45, 7) is 3.07. The molecule has 0 aliphatic heterocycles. The van der Waals surface area contributed by atoms with Crippen molar-refractivity contribution >= 4 is 15.9 Å². The van der Waals surface area contributed by atoms with E-state index in [2.05, 4.69) is 10.0 Å². The van der Waals surface area contributed by atoms with E-state index in [1.54, 1.807) is 0 Å². The largest absolute Gasteiger partial charge is 0.478 e. The van der Waals surface area contributed by atoms with E-state index in [0.29, 0.717) is 18.8 Å². The normalized spacial score (nSPS) is 32.1. The summed E-state index contributed by atoms with van der Waals surface area (Å²) in [6, 6.07) is 4.39. The number of rotatable bonds is 6. The van der Waals surface area contributed by atoms with Crippen LogP contribution in [0, 0.1) is 17.8 Å². The highest BCUT2D eigenvalue weighted by molar-refractivity contribution is 7.88. The highest BCUT2D eigenvalue weighted by atomic mass is 32.2. The third kappa shape index (κ3) is 4.76. The standard InChI is InChI=1S/C22H29F3N2O4S/c1-20(2,31-17-6-4-5-16(9-17)22(23,24)25)19(28)26-18-14-7-13-8-15(18)12-21(10-13,11-14)27-32(3,29)30/h4-6,9,13-15,18,27H,7-8,10-12H2,1-3H3,(H,26,28)/t13?,14-,15+,18?,21?. The van der Waals surface area contributed by atoms with Gasteiger partial charge in [-0.2, -0.15) is 13.2 Å². The quantitative estimate of drug-likeness (QED) is 0.661. The van der Waals surface area contributed by atoms with Gasteiger partial charge in [0.05, 0.1) is 11.8 Å². The van der Waals surface area contributed by atoms with Crippen molar-refractivity contribution < 1.29 is 31.1 Å². The van der Waals surface area contributed by atoms with Crippen LogP contribution in [0.5, 0.6) is 5.75 Å². The number of carbonyl (C=O) groups excluding carboxylic acids is 1. The third-order valence-electron chi connectivity index (χ3n) is 7.05. The molecule has 6 nitrogen and oxygen atoms in total. The van der Waals surface area contributed by atoms with Crippen LogP contribution in [0.4, 0.5) is 13.2 Å². The van der Waals surface area contributed by atoms with Crippen LogP contribution < -0.4 is 14.8 Å². The third-order valence-corrected chi connectivity index (χ3v) is 7.86. The fourth-order valence-corrected chi connectivity index (χ4v) is 7.22. The summed E-state index contributed by atoms with van der Waals surface area (Å²) in [5.41, 5.74) is -2.65. The first-order valence-electron chi connectivity index (χ1n) is 10.8. The molecule has 0 aromatic heterocycles. The molecule has 0 spiro atoms. The van der Waals surface area contributed by atoms with E-state index in [1.165, 1.54) is 32.2 Å². The van der Waals surface area contributed by atoms with Crippen LogP contribution in [0.1, 0.15) is 51.5 Å². The van der Waals surface area contributed by atoms with Gasteiger partial charge < -0.3 is 10.1 Å². The SMILES string of the molecule is CC(C)(Oc1cccc(C(F)(F)F)c1)C(=O)NC1[C@@H]2CC3C[C@H]1CC(NS(C)(=O)=O)(C3)C2. The van der Waals surface area contributed by atoms with E-state index in [9.17, 15) is 26.4 Å². The number of halogens is 3. The Bertz CT molecular complexity index is 993. The molecule has 178 valence electrons. The van der Waals surface area contributed by atoms with Crippen molar-refractivity contribution in [1.29, 1.82) is 0 Å². The number of amides is 1. The van der Waals surface area contributed by atoms with Crippen molar-refractivity contribution in [1.82, 2.24) is 10.0 Å². The van der Waals surface area contributed by atoms with Gasteiger partial charge in [0.2, 0.25) is 10.0 Å². The molecule has 1 aromatic carbocycles. The van der Waals surface area contributed by atoms with Gasteiger partial charge in [-0.1, -0.05) is 6.07 Å². The van der Waals surface area contributed by atoms with E-state index >= 15 is 0 Å². The average Bonchev–Trinajstić information content (AvgIpc) is 2.61. The molecule has 1 amide bonds. The fourth-order valence-electron chi connectivity index (χ4n) is 6.18. The van der Waals surface area contributed by atoms with Crippen LogP contribution in [0.25, 0.3) is 0 Å². The Labute approximate surface area is 186 Å². The predicted molar refractivity (Wildman–Crippen MR) is 112 cm³/mol. The summed E-state index contributed by atoms with van der Waals surface area (Å²) in [6.07, 6.45) is 0.728. The summed E-state index contributed by atoms with van der Waals surface area (Å²) < 4.78 is 71.3. The Kier molecular flexibility index (Phi) is 5.56. The zero-order valence-electron chi connectivity index (χ0n) is 18.3. The van der Waals surface area contributed by atoms with Gasteiger partial charge in [-0.15, -0.1) is 0 Å². The van der Waals surface area contributed by atoms with Crippen molar-refractivity contribution in [3.8, 4) is 5.75 Å². The molecular weight excluding hydrogens is 445 g/mol. The molecule has 4 aliphatic rings. The number of hydrogen-bond donors (Lipinski definition) is 2. The molecule has 4 fully saturated rings. The first-order valence-corrected chi connectivity index (χ1v) is 12.7. The second-order valence-corrected chi connectivity index (χ2v) is 12.0. The first kappa shape index (κ1) is 23.4. The molecule has 5 atom stereocenters. The Morgan fingerprint density at radius 1 is 1.12 bits per heavy atom. The van der Waals surface area contributed by atoms with E-state index in [0.717, 1.165) is 31.4 Å². The number of benzene rings is 1. The second-order valence-electron chi connectivity index (χ2n) is 10.3. The summed E-state index contributed by atoms with van der Waals surface area (Å²) in [5, 5.41) is 3.08. The van der Waals surface area contributed by atoms with Gasteiger partial charge >= 0.3 is 6.18 Å². The minimum Gasteiger partial charge on any atom is -0.478 e. The highest BCUT2D eigenvalue weighted by Crippen LogP contribution is 2.56. The molecule has 4 aliphatic carbocycles. The Morgan fingerprint density at radius 3 is 2.31 bits per heavy atom. The number of nitrogens with one attached hydrogen (secondary N) is 2. The lowest BCUT2D eigenvalue weighted by Gasteiger charge is -2.60. The van der Waals surface area contributed by atoms with Crippen molar-refractivity contribution in [2.45, 2.75) is 69.3 Å². The van der Waals surface area contributed by atoms with E-state index in [-0.39, 0.29) is 23.6 Å². The second kappa shape index (κ2) is 7.62. The van der Waals surface area contributed by atoms with Gasteiger partial charge in [-0.3, -0.25) is 4.79 Å². The van der Waals surface area contributed by atoms with Gasteiger partial charge in [0.25, 0.3) is 5.91 Å². The monoisotopic (exact) mass is 474 g/mol. The molecule has 2 N–H and O–H groups in total. The lowest BCUT2D eigenvalue weighted by atomic mass is 9.51. The van der Waals surface area contributed by atoms with Gasteiger partial charge in [0.1, 0.15) is 5.75 Å². The number of hydrogen-bond acceptors (Lipinski definition) is 4. The molecular formula is C22H29F3N2O4S. The number of sulfonamides is 1. The van der Waals surface area contributed by atoms with Crippen LogP contribution in [-0.2, 0) is 21.0 Å². The Balaban J connectivity index is 1.45. The van der Waals surface area contributed by atoms with Crippen LogP contribution in [-0.4, -0.2) is 37.8 Å². The summed E-state index contributed by atoms with van der Waals surface area (Å²) >= 11 is 0. The van der Waals surface area contributed by atoms with Crippen molar-refractivity contribution in [2.24, 2.45) is 17.8 Å². The van der Waals surface area contributed by atoms with Crippen molar-refractivity contribution in [3.05, 3.63) is 29.8 Å². The minimum absolute atomic E-state index is 0.0265. The summed E-state index contributed by atoms with van der Waals surface area (Å²) in [7, 11) is -3.34. The first-order chi connectivity index (χ1) is 14.7. The van der Waals surface area contributed by atoms with Crippen LogP contribution >= 0.6 is 0 Å². The van der Waals surface area contributed by atoms with E-state index in [4.69, 9.17) is 4.74 Å². The zero-order chi connectivity index (χ0) is 23.5. The molecule has 0 heterocycles. The van der Waals surface area contributed by atoms with E-state index < -0.39 is 38.8 Å². The van der Waals surface area contributed by atoms with Crippen LogP contribution in [0.2, 0.25) is 0 Å². The summed E-state index contributed by atoms with van der Waals surface area (Å²) in [4.78, 5) is 13.1. The average molecular weight is 475 g/mol. The lowest BCUT2D eigenvalue weighted by Crippen LogP contribution is -2.67. The Morgan fingerprint density at radius 2 is 1.75 bits per heavy atom. The molecule has 4 bridgehead atoms. The Hall–Kier alpha value is -1.81. The maximum Gasteiger partial charge on any atom is 0.416 e. The zero-order valence-corrected chi connectivity index (χ0v) is 19.1. The number of carbonyl (C=O) groups is 1. The van der Waals surface area contributed by atoms with Crippen LogP contribution in [0.3, 0.4) is 0 Å². The van der Waals surface area contributed by atoms with E-state index in [1.807, 2.05) is 0 Å². The van der Waals surface area contributed by atoms with Crippen molar-refractivity contribution in [3.63, 3.8) is 0 Å². The topological polar surface area (TPSA) is 84.5 Å². The van der Waals surface area contributed by atoms with Crippen LogP contribution in [0.15, 0.2) is 24.3 Å². The van der Waals surface area contributed by atoms with Gasteiger partial charge in [0.15, 0.2) is 5.60 Å². The summed E-state index contributed by atoms with van der Waals surface area (Å²) in [5.74, 6) is 0.329. The molecule has 10 heteroatoms. The van der Waals surface area contributed by atoms with Gasteiger partial charge in [0, 0.05) is 11.6 Å². The smallest absolute Gasteiger partial charge is 0.416 e. The van der Waals surface area contributed by atoms with Crippen molar-refractivity contribution in [2.75, 3.05) is 6.26 Å². The minimum atomic E-state index is -4.50. The molecule has 0 radical (unpaired) electrons. The maximum atomic E-state index is 13.1. The maximum absolute atomic E-state index is 13.1. The molecule has 5 rings (SSSR count). The van der Waals surface area contributed by atoms with Gasteiger partial charge in [-0.05, 0) is 81.9 Å².